The van der Waals surface area contributed by atoms with E-state index in [2.05, 4.69) is 31.3 Å². The molecule has 0 aliphatic carbocycles. The monoisotopic (exact) mass is 251 g/mol. The van der Waals surface area contributed by atoms with E-state index in [1.807, 2.05) is 12.1 Å². The third-order valence-corrected chi connectivity index (χ3v) is 2.56. The molecular formula is C15H25NO2. The molecule has 0 atom stereocenters. The van der Waals surface area contributed by atoms with Gasteiger partial charge in [0.1, 0.15) is 5.75 Å². The minimum absolute atomic E-state index is 0.549. The van der Waals surface area contributed by atoms with E-state index in [-0.39, 0.29) is 0 Å². The molecule has 1 N–H and O–H groups in total. The Balaban J connectivity index is 2.38. The minimum Gasteiger partial charge on any atom is -0.493 e. The third kappa shape index (κ3) is 6.03. The maximum absolute atomic E-state index is 5.81. The quantitative estimate of drug-likeness (QED) is 0.685. The first-order valence-corrected chi connectivity index (χ1v) is 6.64. The molecule has 0 saturated heterocycles. The Morgan fingerprint density at radius 2 is 2.00 bits per heavy atom. The van der Waals surface area contributed by atoms with Gasteiger partial charge in [-0.15, -0.1) is 0 Å². The van der Waals surface area contributed by atoms with Gasteiger partial charge in [-0.1, -0.05) is 32.0 Å². The van der Waals surface area contributed by atoms with Crippen LogP contribution in [0.3, 0.4) is 0 Å². The fourth-order valence-corrected chi connectivity index (χ4v) is 1.61. The second-order valence-electron chi connectivity index (χ2n) is 4.84. The second kappa shape index (κ2) is 8.95. The molecule has 0 bridgehead atoms. The standard InChI is InChI=1S/C15H25NO2/c1-13(2)12-18-15-8-5-4-7-14(15)11-16-9-6-10-17-3/h4-5,7-8,13,16H,6,9-12H2,1-3H3. The highest BCUT2D eigenvalue weighted by Gasteiger charge is 2.03. The third-order valence-electron chi connectivity index (χ3n) is 2.56. The number of hydrogen-bond donors (Lipinski definition) is 1. The number of nitrogens with one attached hydrogen (secondary N) is 1. The molecule has 0 fully saturated rings. The fraction of sp³-hybridized carbons (Fsp3) is 0.600. The molecule has 3 nitrogen and oxygen atoms in total. The summed E-state index contributed by atoms with van der Waals surface area (Å²) in [4.78, 5) is 0. The van der Waals surface area contributed by atoms with Gasteiger partial charge in [0.05, 0.1) is 6.61 Å². The smallest absolute Gasteiger partial charge is 0.123 e. The van der Waals surface area contributed by atoms with Crippen molar-refractivity contribution in [3.63, 3.8) is 0 Å². The lowest BCUT2D eigenvalue weighted by Crippen LogP contribution is -2.17. The average Bonchev–Trinajstić information content (AvgIpc) is 2.37. The van der Waals surface area contributed by atoms with Crippen LogP contribution in [0.25, 0.3) is 0 Å². The van der Waals surface area contributed by atoms with Crippen molar-refractivity contribution in [2.24, 2.45) is 5.92 Å². The molecule has 0 heterocycles. The lowest BCUT2D eigenvalue weighted by Gasteiger charge is -2.13. The molecule has 18 heavy (non-hydrogen) atoms. The topological polar surface area (TPSA) is 30.5 Å². The van der Waals surface area contributed by atoms with E-state index in [0.717, 1.165) is 38.5 Å². The molecule has 0 aliphatic heterocycles. The van der Waals surface area contributed by atoms with Gasteiger partial charge in [0.15, 0.2) is 0 Å². The predicted octanol–water partition coefficient (Wildman–Crippen LogP) is 2.85. The molecule has 3 heteroatoms. The zero-order valence-corrected chi connectivity index (χ0v) is 11.7. The molecule has 0 aromatic heterocycles. The Kier molecular flexibility index (Phi) is 7.46. The summed E-state index contributed by atoms with van der Waals surface area (Å²) in [5, 5.41) is 3.40. The molecule has 0 radical (unpaired) electrons. The Hall–Kier alpha value is -1.06. The molecule has 0 unspecified atom stereocenters. The van der Waals surface area contributed by atoms with Gasteiger partial charge in [-0.05, 0) is 24.9 Å². The van der Waals surface area contributed by atoms with Gasteiger partial charge in [-0.25, -0.2) is 0 Å². The molecule has 102 valence electrons. The van der Waals surface area contributed by atoms with Gasteiger partial charge in [0.25, 0.3) is 0 Å². The molecular weight excluding hydrogens is 226 g/mol. The SMILES string of the molecule is COCCCNCc1ccccc1OCC(C)C. The molecule has 0 spiro atoms. The van der Waals surface area contributed by atoms with E-state index >= 15 is 0 Å². The number of rotatable bonds is 9. The number of ether oxygens (including phenoxy) is 2. The van der Waals surface area contributed by atoms with Gasteiger partial charge in [0.2, 0.25) is 0 Å². The van der Waals surface area contributed by atoms with Crippen LogP contribution in [0.1, 0.15) is 25.8 Å². The van der Waals surface area contributed by atoms with Gasteiger partial charge >= 0.3 is 0 Å². The van der Waals surface area contributed by atoms with Crippen LogP contribution in [0.5, 0.6) is 5.75 Å². The van der Waals surface area contributed by atoms with Crippen LogP contribution in [0, 0.1) is 5.92 Å². The van der Waals surface area contributed by atoms with Crippen LogP contribution in [0.4, 0.5) is 0 Å². The Morgan fingerprint density at radius 1 is 1.22 bits per heavy atom. The Labute approximate surface area is 110 Å². The largest absolute Gasteiger partial charge is 0.493 e. The summed E-state index contributed by atoms with van der Waals surface area (Å²) < 4.78 is 10.8. The minimum atomic E-state index is 0.549. The lowest BCUT2D eigenvalue weighted by atomic mass is 10.2. The highest BCUT2D eigenvalue weighted by atomic mass is 16.5. The summed E-state index contributed by atoms with van der Waals surface area (Å²) in [6, 6.07) is 8.21. The Morgan fingerprint density at radius 3 is 2.72 bits per heavy atom. The average molecular weight is 251 g/mol. The first-order chi connectivity index (χ1) is 8.74. The molecule has 0 aliphatic rings. The summed E-state index contributed by atoms with van der Waals surface area (Å²) in [7, 11) is 1.73. The molecule has 0 saturated carbocycles. The highest BCUT2D eigenvalue weighted by molar-refractivity contribution is 5.33. The van der Waals surface area contributed by atoms with Crippen LogP contribution in [0.15, 0.2) is 24.3 Å². The first kappa shape index (κ1) is 15.0. The summed E-state index contributed by atoms with van der Waals surface area (Å²) >= 11 is 0. The molecule has 0 amide bonds. The second-order valence-corrected chi connectivity index (χ2v) is 4.84. The van der Waals surface area contributed by atoms with Crippen molar-refractivity contribution in [1.82, 2.24) is 5.32 Å². The van der Waals surface area contributed by atoms with Crippen molar-refractivity contribution in [3.8, 4) is 5.75 Å². The zero-order valence-electron chi connectivity index (χ0n) is 11.7. The van der Waals surface area contributed by atoms with Crippen molar-refractivity contribution in [1.29, 1.82) is 0 Å². The van der Waals surface area contributed by atoms with Crippen molar-refractivity contribution >= 4 is 0 Å². The fourth-order valence-electron chi connectivity index (χ4n) is 1.61. The highest BCUT2D eigenvalue weighted by Crippen LogP contribution is 2.18. The van der Waals surface area contributed by atoms with Gasteiger partial charge in [0, 0.05) is 25.8 Å². The van der Waals surface area contributed by atoms with Gasteiger partial charge in [-0.2, -0.15) is 0 Å². The molecule has 1 aromatic carbocycles. The van der Waals surface area contributed by atoms with E-state index in [1.54, 1.807) is 7.11 Å². The van der Waals surface area contributed by atoms with Crippen molar-refractivity contribution in [3.05, 3.63) is 29.8 Å². The summed E-state index contributed by atoms with van der Waals surface area (Å²) in [6.45, 7) is 7.70. The van der Waals surface area contributed by atoms with Gasteiger partial charge < -0.3 is 14.8 Å². The van der Waals surface area contributed by atoms with Gasteiger partial charge in [-0.3, -0.25) is 0 Å². The van der Waals surface area contributed by atoms with Crippen LogP contribution in [-0.2, 0) is 11.3 Å². The van der Waals surface area contributed by atoms with Crippen LogP contribution < -0.4 is 10.1 Å². The maximum Gasteiger partial charge on any atom is 0.123 e. The normalized spacial score (nSPS) is 10.9. The van der Waals surface area contributed by atoms with Crippen molar-refractivity contribution < 1.29 is 9.47 Å². The summed E-state index contributed by atoms with van der Waals surface area (Å²) in [5.74, 6) is 1.54. The van der Waals surface area contributed by atoms with Crippen molar-refractivity contribution in [2.75, 3.05) is 26.9 Å². The first-order valence-electron chi connectivity index (χ1n) is 6.64. The number of para-hydroxylation sites is 1. The number of methoxy groups -OCH3 is 1. The van der Waals surface area contributed by atoms with E-state index in [4.69, 9.17) is 9.47 Å². The van der Waals surface area contributed by atoms with E-state index < -0.39 is 0 Å². The maximum atomic E-state index is 5.81. The number of benzene rings is 1. The number of hydrogen-bond acceptors (Lipinski definition) is 3. The molecule has 1 rings (SSSR count). The van der Waals surface area contributed by atoms with Crippen molar-refractivity contribution in [2.45, 2.75) is 26.8 Å². The predicted molar refractivity (Wildman–Crippen MR) is 75.0 cm³/mol. The molecule has 1 aromatic rings. The Bertz CT molecular complexity index is 326. The van der Waals surface area contributed by atoms with E-state index in [9.17, 15) is 0 Å². The van der Waals surface area contributed by atoms with Crippen LogP contribution in [-0.4, -0.2) is 26.9 Å². The summed E-state index contributed by atoms with van der Waals surface area (Å²) in [5.41, 5.74) is 1.22. The lowest BCUT2D eigenvalue weighted by molar-refractivity contribution is 0.194. The zero-order chi connectivity index (χ0) is 13.2. The van der Waals surface area contributed by atoms with Crippen LogP contribution >= 0.6 is 0 Å². The van der Waals surface area contributed by atoms with Crippen LogP contribution in [0.2, 0.25) is 0 Å². The van der Waals surface area contributed by atoms with E-state index in [0.29, 0.717) is 5.92 Å². The summed E-state index contributed by atoms with van der Waals surface area (Å²) in [6.07, 6.45) is 1.03. The van der Waals surface area contributed by atoms with E-state index in [1.165, 1.54) is 5.56 Å².